The molecule has 1 aromatic carbocycles. The minimum absolute atomic E-state index is 0.106. The number of nitro benzene ring substituents is 1. The van der Waals surface area contributed by atoms with Crippen LogP contribution in [-0.2, 0) is 14.8 Å². The molecule has 1 aromatic rings. The van der Waals surface area contributed by atoms with Gasteiger partial charge in [-0.2, -0.15) is 0 Å². The molecular weight excluding hydrogens is 424 g/mol. The predicted octanol–water partition coefficient (Wildman–Crippen LogP) is 3.91. The molecule has 0 aliphatic heterocycles. The van der Waals surface area contributed by atoms with E-state index in [1.165, 1.54) is 32.1 Å². The summed E-state index contributed by atoms with van der Waals surface area (Å²) in [5.41, 5.74) is -0.208. The van der Waals surface area contributed by atoms with Crippen LogP contribution in [0.15, 0.2) is 29.2 Å². The maximum absolute atomic E-state index is 12.2. The normalized spacial score (nSPS) is 16.8. The number of carbonyl (C=O) groups excluding carboxylic acids is 1. The molecule has 0 heterocycles. The molecule has 0 bridgehead atoms. The van der Waals surface area contributed by atoms with Crippen molar-refractivity contribution >= 4 is 37.5 Å². The molecule has 9 heteroatoms. The number of nitro groups is 1. The highest BCUT2D eigenvalue weighted by molar-refractivity contribution is 9.09. The Labute approximate surface area is 161 Å². The summed E-state index contributed by atoms with van der Waals surface area (Å²) in [6.07, 6.45) is 7.95. The highest BCUT2D eigenvalue weighted by atomic mass is 79.9. The average Bonchev–Trinajstić information content (AvgIpc) is 2.60. The lowest BCUT2D eigenvalue weighted by molar-refractivity contribution is -0.384. The van der Waals surface area contributed by atoms with E-state index in [1.807, 2.05) is 4.72 Å². The van der Waals surface area contributed by atoms with Crippen molar-refractivity contribution in [2.75, 3.05) is 0 Å². The third-order valence-corrected chi connectivity index (χ3v) is 6.83. The fourth-order valence-corrected chi connectivity index (χ4v) is 4.97. The number of nitrogens with zero attached hydrogens (tertiary/aromatic N) is 1. The maximum Gasteiger partial charge on any atom is 0.269 e. The number of halogens is 1. The second-order valence-electron chi connectivity index (χ2n) is 6.66. The Morgan fingerprint density at radius 1 is 1.23 bits per heavy atom. The van der Waals surface area contributed by atoms with Crippen LogP contribution in [-0.4, -0.2) is 24.1 Å². The monoisotopic (exact) mass is 446 g/mol. The van der Waals surface area contributed by atoms with Gasteiger partial charge in [-0.25, -0.2) is 13.1 Å². The third kappa shape index (κ3) is 6.35. The van der Waals surface area contributed by atoms with Gasteiger partial charge in [-0.05, 0) is 30.9 Å². The summed E-state index contributed by atoms with van der Waals surface area (Å²) in [5, 5.41) is 10.6. The molecule has 0 radical (unpaired) electrons. The summed E-state index contributed by atoms with van der Waals surface area (Å²) in [5.74, 6) is 0.108. The van der Waals surface area contributed by atoms with Crippen LogP contribution >= 0.6 is 15.9 Å². The topological polar surface area (TPSA) is 106 Å². The van der Waals surface area contributed by atoms with Crippen LogP contribution in [0.4, 0.5) is 5.69 Å². The van der Waals surface area contributed by atoms with Crippen molar-refractivity contribution in [1.29, 1.82) is 0 Å². The van der Waals surface area contributed by atoms with E-state index >= 15 is 0 Å². The summed E-state index contributed by atoms with van der Waals surface area (Å²) in [4.78, 5) is 22.0. The Morgan fingerprint density at radius 2 is 1.85 bits per heavy atom. The summed E-state index contributed by atoms with van der Waals surface area (Å²) in [6, 6.07) is 4.42. The molecule has 0 spiro atoms. The molecule has 1 aliphatic rings. The van der Waals surface area contributed by atoms with Gasteiger partial charge in [0.05, 0.1) is 9.82 Å². The molecule has 1 fully saturated rings. The third-order valence-electron chi connectivity index (χ3n) is 4.60. The lowest BCUT2D eigenvalue weighted by atomic mass is 9.85. The molecule has 144 valence electrons. The van der Waals surface area contributed by atoms with Gasteiger partial charge >= 0.3 is 0 Å². The molecule has 1 unspecified atom stereocenters. The molecule has 1 saturated carbocycles. The first kappa shape index (κ1) is 20.8. The van der Waals surface area contributed by atoms with Crippen molar-refractivity contribution < 1.29 is 18.1 Å². The highest BCUT2D eigenvalue weighted by Gasteiger charge is 2.21. The Balaban J connectivity index is 1.82. The minimum atomic E-state index is -4.01. The number of rotatable bonds is 8. The van der Waals surface area contributed by atoms with E-state index in [0.717, 1.165) is 30.7 Å². The SMILES string of the molecule is O=C(CCC(Br)CC1CCCCC1)NS(=O)(=O)c1ccc([N+](=O)[O-])cc1. The quantitative estimate of drug-likeness (QED) is 0.369. The number of nitrogens with one attached hydrogen (secondary N) is 1. The van der Waals surface area contributed by atoms with E-state index in [9.17, 15) is 23.3 Å². The molecule has 1 N–H and O–H groups in total. The van der Waals surface area contributed by atoms with Gasteiger partial charge in [0, 0.05) is 23.4 Å². The van der Waals surface area contributed by atoms with Gasteiger partial charge in [-0.3, -0.25) is 14.9 Å². The first-order valence-electron chi connectivity index (χ1n) is 8.72. The molecular formula is C17H23BrN2O5S. The fraction of sp³-hybridized carbons (Fsp3) is 0.588. The standard InChI is InChI=1S/C17H23BrN2O5S/c18-14(12-13-4-2-1-3-5-13)6-11-17(21)19-26(24,25)16-9-7-15(8-10-16)20(22)23/h7-10,13-14H,1-6,11-12H2,(H,19,21). The van der Waals surface area contributed by atoms with Crippen molar-refractivity contribution in [1.82, 2.24) is 4.72 Å². The van der Waals surface area contributed by atoms with Gasteiger partial charge in [-0.15, -0.1) is 0 Å². The molecule has 1 atom stereocenters. The molecule has 26 heavy (non-hydrogen) atoms. The summed E-state index contributed by atoms with van der Waals surface area (Å²) in [6.45, 7) is 0. The van der Waals surface area contributed by atoms with Crippen LogP contribution in [0.5, 0.6) is 0 Å². The summed E-state index contributed by atoms with van der Waals surface area (Å²) < 4.78 is 26.4. The first-order valence-corrected chi connectivity index (χ1v) is 11.1. The van der Waals surface area contributed by atoms with Gasteiger partial charge in [0.1, 0.15) is 0 Å². The summed E-state index contributed by atoms with van der Waals surface area (Å²) in [7, 11) is -4.01. The second-order valence-corrected chi connectivity index (χ2v) is 9.63. The number of sulfonamides is 1. The van der Waals surface area contributed by atoms with Crippen LogP contribution in [0.25, 0.3) is 0 Å². The Kier molecular flexibility index (Phi) is 7.57. The number of amides is 1. The van der Waals surface area contributed by atoms with Crippen molar-refractivity contribution in [2.45, 2.75) is 61.1 Å². The smallest absolute Gasteiger partial charge is 0.269 e. The maximum atomic E-state index is 12.2. The number of hydrogen-bond donors (Lipinski definition) is 1. The first-order chi connectivity index (χ1) is 12.3. The molecule has 0 aromatic heterocycles. The number of benzene rings is 1. The van der Waals surface area contributed by atoms with E-state index in [-0.39, 0.29) is 21.8 Å². The van der Waals surface area contributed by atoms with Gasteiger partial charge < -0.3 is 0 Å². The van der Waals surface area contributed by atoms with Crippen LogP contribution in [0, 0.1) is 16.0 Å². The van der Waals surface area contributed by atoms with E-state index < -0.39 is 20.9 Å². The molecule has 0 saturated heterocycles. The van der Waals surface area contributed by atoms with E-state index in [2.05, 4.69) is 15.9 Å². The predicted molar refractivity (Wildman–Crippen MR) is 102 cm³/mol. The molecule has 2 rings (SSSR count). The molecule has 1 aliphatic carbocycles. The Hall–Kier alpha value is -1.48. The zero-order chi connectivity index (χ0) is 19.2. The van der Waals surface area contributed by atoms with Gasteiger partial charge in [0.25, 0.3) is 15.7 Å². The number of alkyl halides is 1. The van der Waals surface area contributed by atoms with Crippen molar-refractivity contribution in [3.05, 3.63) is 34.4 Å². The highest BCUT2D eigenvalue weighted by Crippen LogP contribution is 2.30. The van der Waals surface area contributed by atoms with Gasteiger partial charge in [0.2, 0.25) is 5.91 Å². The molecule has 7 nitrogen and oxygen atoms in total. The van der Waals surface area contributed by atoms with Crippen molar-refractivity contribution in [3.63, 3.8) is 0 Å². The number of carbonyl (C=O) groups is 1. The Morgan fingerprint density at radius 3 is 2.42 bits per heavy atom. The van der Waals surface area contributed by atoms with Crippen molar-refractivity contribution in [2.24, 2.45) is 5.92 Å². The zero-order valence-electron chi connectivity index (χ0n) is 14.4. The minimum Gasteiger partial charge on any atom is -0.274 e. The molecule has 1 amide bonds. The Bertz CT molecular complexity index is 730. The number of non-ortho nitro benzene ring substituents is 1. The summed E-state index contributed by atoms with van der Waals surface area (Å²) >= 11 is 3.59. The van der Waals surface area contributed by atoms with Crippen molar-refractivity contribution in [3.8, 4) is 0 Å². The number of hydrogen-bond acceptors (Lipinski definition) is 5. The zero-order valence-corrected chi connectivity index (χ0v) is 16.8. The van der Waals surface area contributed by atoms with E-state index in [4.69, 9.17) is 0 Å². The van der Waals surface area contributed by atoms with Crippen LogP contribution < -0.4 is 4.72 Å². The van der Waals surface area contributed by atoms with E-state index in [1.54, 1.807) is 0 Å². The average molecular weight is 447 g/mol. The van der Waals surface area contributed by atoms with Crippen LogP contribution in [0.1, 0.15) is 51.4 Å². The van der Waals surface area contributed by atoms with Gasteiger partial charge in [-0.1, -0.05) is 48.0 Å². The van der Waals surface area contributed by atoms with Crippen LogP contribution in [0.2, 0.25) is 0 Å². The van der Waals surface area contributed by atoms with E-state index in [0.29, 0.717) is 12.3 Å². The van der Waals surface area contributed by atoms with Gasteiger partial charge in [0.15, 0.2) is 0 Å². The lowest BCUT2D eigenvalue weighted by Crippen LogP contribution is -2.30. The second kappa shape index (κ2) is 9.45. The van der Waals surface area contributed by atoms with Crippen LogP contribution in [0.3, 0.4) is 0 Å². The lowest BCUT2D eigenvalue weighted by Gasteiger charge is -2.23. The largest absolute Gasteiger partial charge is 0.274 e. The fourth-order valence-electron chi connectivity index (χ4n) is 3.20.